The van der Waals surface area contributed by atoms with Crippen molar-refractivity contribution >= 4 is 56.5 Å². The van der Waals surface area contributed by atoms with Crippen molar-refractivity contribution in [1.29, 1.82) is 0 Å². The maximum absolute atomic E-state index is 13.4. The maximum atomic E-state index is 13.4. The second kappa shape index (κ2) is 8.63. The molecule has 5 nitrogen and oxygen atoms in total. The Kier molecular flexibility index (Phi) is 5.94. The van der Waals surface area contributed by atoms with Crippen molar-refractivity contribution in [1.82, 2.24) is 9.55 Å². The largest absolute Gasteiger partial charge is 0.325 e. The van der Waals surface area contributed by atoms with Crippen LogP contribution < -0.4 is 10.9 Å². The van der Waals surface area contributed by atoms with Gasteiger partial charge in [0, 0.05) is 15.6 Å². The highest BCUT2D eigenvalue weighted by atomic mass is 35.5. The van der Waals surface area contributed by atoms with Crippen LogP contribution in [0.25, 0.3) is 15.9 Å². The van der Waals surface area contributed by atoms with E-state index < -0.39 is 0 Å². The summed E-state index contributed by atoms with van der Waals surface area (Å²) in [6.45, 7) is 3.91. The van der Waals surface area contributed by atoms with Gasteiger partial charge in [0.2, 0.25) is 5.91 Å². The molecule has 2 aromatic heterocycles. The minimum atomic E-state index is -0.170. The van der Waals surface area contributed by atoms with Gasteiger partial charge < -0.3 is 5.32 Å². The lowest BCUT2D eigenvalue weighted by Gasteiger charge is -2.12. The quantitative estimate of drug-likeness (QED) is 0.321. The number of thioether (sulfide) groups is 1. The van der Waals surface area contributed by atoms with E-state index in [0.717, 1.165) is 16.1 Å². The number of hydrogen-bond donors (Lipinski definition) is 1. The number of halogens is 1. The number of amides is 1. The van der Waals surface area contributed by atoms with Crippen molar-refractivity contribution in [3.05, 3.63) is 80.4 Å². The molecule has 0 saturated carbocycles. The molecule has 0 aliphatic heterocycles. The van der Waals surface area contributed by atoms with Gasteiger partial charge >= 0.3 is 0 Å². The molecule has 0 unspecified atom stereocenters. The van der Waals surface area contributed by atoms with Gasteiger partial charge in [-0.2, -0.15) is 0 Å². The molecular weight excluding hydrogens is 438 g/mol. The second-order valence-electron chi connectivity index (χ2n) is 6.68. The van der Waals surface area contributed by atoms with E-state index in [9.17, 15) is 9.59 Å². The molecule has 0 bridgehead atoms. The van der Waals surface area contributed by atoms with E-state index in [1.165, 1.54) is 27.7 Å². The van der Waals surface area contributed by atoms with Crippen LogP contribution in [0.1, 0.15) is 10.4 Å². The Morgan fingerprint density at radius 1 is 1.17 bits per heavy atom. The topological polar surface area (TPSA) is 64.0 Å². The molecule has 0 aliphatic carbocycles. The number of aryl methyl sites for hydroxylation is 2. The van der Waals surface area contributed by atoms with E-state index >= 15 is 0 Å². The number of thiophene rings is 1. The molecule has 152 valence electrons. The summed E-state index contributed by atoms with van der Waals surface area (Å²) >= 11 is 8.88. The minimum absolute atomic E-state index is 0.122. The van der Waals surface area contributed by atoms with Crippen molar-refractivity contribution in [3.8, 4) is 5.69 Å². The van der Waals surface area contributed by atoms with E-state index in [2.05, 4.69) is 5.32 Å². The summed E-state index contributed by atoms with van der Waals surface area (Å²) in [6, 6.07) is 16.3. The van der Waals surface area contributed by atoms with Crippen LogP contribution in [0.3, 0.4) is 0 Å². The van der Waals surface area contributed by atoms with Crippen LogP contribution in [-0.2, 0) is 4.79 Å². The Hall–Kier alpha value is -2.61. The van der Waals surface area contributed by atoms with Crippen LogP contribution in [0.4, 0.5) is 5.69 Å². The minimum Gasteiger partial charge on any atom is -0.325 e. The van der Waals surface area contributed by atoms with Gasteiger partial charge in [0.05, 0.1) is 16.8 Å². The molecule has 2 aromatic carbocycles. The maximum Gasteiger partial charge on any atom is 0.267 e. The highest BCUT2D eigenvalue weighted by molar-refractivity contribution is 7.99. The highest BCUT2D eigenvalue weighted by Crippen LogP contribution is 2.30. The van der Waals surface area contributed by atoms with Crippen molar-refractivity contribution < 1.29 is 4.79 Å². The smallest absolute Gasteiger partial charge is 0.267 e. The van der Waals surface area contributed by atoms with Crippen LogP contribution in [-0.4, -0.2) is 21.2 Å². The van der Waals surface area contributed by atoms with Gasteiger partial charge in [-0.3, -0.25) is 14.2 Å². The summed E-state index contributed by atoms with van der Waals surface area (Å²) in [5.74, 6) is -0.0479. The zero-order valence-corrected chi connectivity index (χ0v) is 18.7. The summed E-state index contributed by atoms with van der Waals surface area (Å²) in [7, 11) is 0. The molecular formula is C22H18ClN3O2S2. The zero-order chi connectivity index (χ0) is 21.3. The summed E-state index contributed by atoms with van der Waals surface area (Å²) in [4.78, 5) is 32.3. The molecule has 0 saturated heterocycles. The molecule has 0 spiro atoms. The lowest BCUT2D eigenvalue weighted by Crippen LogP contribution is -2.22. The molecule has 1 N–H and O–H groups in total. The molecule has 4 rings (SSSR count). The number of nitrogens with zero attached hydrogens (tertiary/aromatic N) is 2. The van der Waals surface area contributed by atoms with Gasteiger partial charge in [-0.05, 0) is 49.7 Å². The van der Waals surface area contributed by atoms with Crippen LogP contribution >= 0.6 is 34.7 Å². The molecule has 0 radical (unpaired) electrons. The zero-order valence-electron chi connectivity index (χ0n) is 16.3. The van der Waals surface area contributed by atoms with Crippen LogP contribution in [0, 0.1) is 13.8 Å². The number of aromatic nitrogens is 2. The lowest BCUT2D eigenvalue weighted by atomic mass is 10.2. The van der Waals surface area contributed by atoms with Gasteiger partial charge in [0.1, 0.15) is 4.83 Å². The first-order chi connectivity index (χ1) is 14.4. The first-order valence-corrected chi connectivity index (χ1v) is 11.4. The highest BCUT2D eigenvalue weighted by Gasteiger charge is 2.19. The Labute approximate surface area is 186 Å². The van der Waals surface area contributed by atoms with E-state index in [-0.39, 0.29) is 17.2 Å². The molecule has 0 atom stereocenters. The van der Waals surface area contributed by atoms with Crippen LogP contribution in [0.5, 0.6) is 0 Å². The summed E-state index contributed by atoms with van der Waals surface area (Å²) < 4.78 is 1.54. The number of hydrogen-bond acceptors (Lipinski definition) is 5. The number of carbonyl (C=O) groups excluding carboxylic acids is 1. The molecule has 1 amide bonds. The number of para-hydroxylation sites is 1. The molecule has 30 heavy (non-hydrogen) atoms. The number of fused-ring (bicyclic) bond motifs is 1. The van der Waals surface area contributed by atoms with Crippen molar-refractivity contribution in [2.45, 2.75) is 19.0 Å². The lowest BCUT2D eigenvalue weighted by molar-refractivity contribution is -0.113. The Balaban J connectivity index is 1.73. The molecule has 2 heterocycles. The number of nitrogens with one attached hydrogen (secondary N) is 1. The Bertz CT molecular complexity index is 1300. The summed E-state index contributed by atoms with van der Waals surface area (Å²) in [5, 5.41) is 4.44. The molecule has 4 aromatic rings. The SMILES string of the molecule is Cc1sc2nc(SCC(=O)Nc3ccccc3)n(-c3cccc(Cl)c3)c(=O)c2c1C. The predicted octanol–water partition coefficient (Wildman–Crippen LogP) is 5.45. The van der Waals surface area contributed by atoms with E-state index in [1.54, 1.807) is 18.2 Å². The first kappa shape index (κ1) is 20.7. The first-order valence-electron chi connectivity index (χ1n) is 9.20. The fraction of sp³-hybridized carbons (Fsp3) is 0.136. The number of anilines is 1. The van der Waals surface area contributed by atoms with Crippen LogP contribution in [0.2, 0.25) is 5.02 Å². The molecule has 0 fully saturated rings. The van der Waals surface area contributed by atoms with E-state index in [0.29, 0.717) is 26.1 Å². The third-order valence-corrected chi connectivity index (χ3v) is 6.90. The Morgan fingerprint density at radius 2 is 1.93 bits per heavy atom. The van der Waals surface area contributed by atoms with Gasteiger partial charge in [-0.1, -0.05) is 47.6 Å². The average Bonchev–Trinajstić information content (AvgIpc) is 3.01. The number of carbonyl (C=O) groups is 1. The number of rotatable bonds is 5. The normalized spacial score (nSPS) is 11.0. The Morgan fingerprint density at radius 3 is 2.67 bits per heavy atom. The fourth-order valence-corrected chi connectivity index (χ4v) is 5.13. The molecule has 8 heteroatoms. The van der Waals surface area contributed by atoms with Gasteiger partial charge in [-0.25, -0.2) is 4.98 Å². The monoisotopic (exact) mass is 455 g/mol. The third kappa shape index (κ3) is 4.14. The van der Waals surface area contributed by atoms with Gasteiger partial charge in [-0.15, -0.1) is 11.3 Å². The number of benzene rings is 2. The molecule has 0 aliphatic rings. The average molecular weight is 456 g/mol. The van der Waals surface area contributed by atoms with Crippen molar-refractivity contribution in [2.75, 3.05) is 11.1 Å². The third-order valence-electron chi connectivity index (χ3n) is 4.63. The fourth-order valence-electron chi connectivity index (χ4n) is 3.06. The second-order valence-corrected chi connectivity index (χ2v) is 9.26. The van der Waals surface area contributed by atoms with E-state index in [1.807, 2.05) is 50.2 Å². The van der Waals surface area contributed by atoms with Crippen molar-refractivity contribution in [3.63, 3.8) is 0 Å². The van der Waals surface area contributed by atoms with Crippen molar-refractivity contribution in [2.24, 2.45) is 0 Å². The predicted molar refractivity (Wildman–Crippen MR) is 125 cm³/mol. The standard InChI is InChI=1S/C22H18ClN3O2S2/c1-13-14(2)30-20-19(13)21(28)26(17-10-6-7-15(23)11-17)22(25-20)29-12-18(27)24-16-8-4-3-5-9-16/h3-11H,12H2,1-2H3,(H,24,27). The van der Waals surface area contributed by atoms with Gasteiger partial charge in [0.15, 0.2) is 5.16 Å². The summed E-state index contributed by atoms with van der Waals surface area (Å²) in [5.41, 5.74) is 2.12. The summed E-state index contributed by atoms with van der Waals surface area (Å²) in [6.07, 6.45) is 0. The van der Waals surface area contributed by atoms with Crippen LogP contribution in [0.15, 0.2) is 64.5 Å². The van der Waals surface area contributed by atoms with Gasteiger partial charge in [0.25, 0.3) is 5.56 Å². The van der Waals surface area contributed by atoms with E-state index in [4.69, 9.17) is 16.6 Å².